The number of rotatable bonds is 2. The third-order valence-corrected chi connectivity index (χ3v) is 4.70. The molecule has 1 aromatic carbocycles. The Balaban J connectivity index is 1.96. The minimum absolute atomic E-state index is 0.0108. The molecule has 21 heavy (non-hydrogen) atoms. The third kappa shape index (κ3) is 2.06. The predicted molar refractivity (Wildman–Crippen MR) is 79.9 cm³/mol. The lowest BCUT2D eigenvalue weighted by Crippen LogP contribution is -2.44. The highest BCUT2D eigenvalue weighted by Crippen LogP contribution is 2.42. The molecule has 1 spiro atoms. The van der Waals surface area contributed by atoms with E-state index in [1.165, 1.54) is 0 Å². The Kier molecular flexibility index (Phi) is 3.32. The quantitative estimate of drug-likeness (QED) is 0.619. The van der Waals surface area contributed by atoms with E-state index in [4.69, 9.17) is 4.74 Å². The molecule has 0 bridgehead atoms. The van der Waals surface area contributed by atoms with Gasteiger partial charge in [-0.2, -0.15) is 0 Å². The van der Waals surface area contributed by atoms with Crippen molar-refractivity contribution in [2.24, 2.45) is 0 Å². The average molecular weight is 285 g/mol. The van der Waals surface area contributed by atoms with Gasteiger partial charge in [-0.1, -0.05) is 25.0 Å². The van der Waals surface area contributed by atoms with E-state index in [0.29, 0.717) is 5.57 Å². The predicted octanol–water partition coefficient (Wildman–Crippen LogP) is 2.43. The zero-order valence-corrected chi connectivity index (χ0v) is 12.4. The van der Waals surface area contributed by atoms with Gasteiger partial charge in [0.25, 0.3) is 5.91 Å². The number of likely N-dealkylation sites (N-methyl/N-ethyl adjacent to an activating group) is 1. The van der Waals surface area contributed by atoms with Gasteiger partial charge < -0.3 is 9.64 Å². The number of benzene rings is 1. The lowest BCUT2D eigenvalue weighted by Gasteiger charge is -2.29. The van der Waals surface area contributed by atoms with Gasteiger partial charge >= 0.3 is 0 Å². The maximum absolute atomic E-state index is 12.7. The summed E-state index contributed by atoms with van der Waals surface area (Å²) in [6, 6.07) is 7.36. The number of carbonyl (C=O) groups excluding carboxylic acids is 2. The van der Waals surface area contributed by atoms with Crippen LogP contribution < -0.4 is 4.74 Å². The van der Waals surface area contributed by atoms with Gasteiger partial charge in [0.1, 0.15) is 11.3 Å². The second-order valence-corrected chi connectivity index (χ2v) is 5.76. The van der Waals surface area contributed by atoms with Crippen LogP contribution in [0.3, 0.4) is 0 Å². The molecule has 1 aliphatic heterocycles. The normalized spacial score (nSPS) is 22.6. The molecule has 3 rings (SSSR count). The molecule has 1 aromatic rings. The summed E-state index contributed by atoms with van der Waals surface area (Å²) in [6.07, 6.45) is 5.30. The smallest absolute Gasteiger partial charge is 0.258 e. The van der Waals surface area contributed by atoms with Crippen LogP contribution in [0.5, 0.6) is 5.75 Å². The van der Waals surface area contributed by atoms with Gasteiger partial charge in [-0.25, -0.2) is 0 Å². The lowest BCUT2D eigenvalue weighted by molar-refractivity contribution is -0.130. The molecular formula is C17H19NO3. The molecule has 0 radical (unpaired) electrons. The van der Waals surface area contributed by atoms with Crippen LogP contribution in [0.4, 0.5) is 0 Å². The first-order valence-electron chi connectivity index (χ1n) is 7.27. The van der Waals surface area contributed by atoms with E-state index in [0.717, 1.165) is 37.0 Å². The Hall–Kier alpha value is -2.10. The van der Waals surface area contributed by atoms with Crippen molar-refractivity contribution in [3.05, 3.63) is 35.4 Å². The summed E-state index contributed by atoms with van der Waals surface area (Å²) in [5.74, 6) is 0.589. The fourth-order valence-electron chi connectivity index (χ4n) is 3.39. The van der Waals surface area contributed by atoms with Crippen molar-refractivity contribution in [3.63, 3.8) is 0 Å². The Bertz CT molecular complexity index is 609. The van der Waals surface area contributed by atoms with Gasteiger partial charge in [0.05, 0.1) is 12.7 Å². The van der Waals surface area contributed by atoms with Crippen molar-refractivity contribution in [1.82, 2.24) is 4.90 Å². The summed E-state index contributed by atoms with van der Waals surface area (Å²) in [5.41, 5.74) is 0.579. The van der Waals surface area contributed by atoms with Crippen molar-refractivity contribution in [1.29, 1.82) is 0 Å². The number of hydrogen-bond donors (Lipinski definition) is 0. The third-order valence-electron chi connectivity index (χ3n) is 4.70. The average Bonchev–Trinajstić information content (AvgIpc) is 3.06. The van der Waals surface area contributed by atoms with Gasteiger partial charge in [0, 0.05) is 7.05 Å². The number of methoxy groups -OCH3 is 1. The minimum Gasteiger partial charge on any atom is -0.497 e. The largest absolute Gasteiger partial charge is 0.497 e. The molecule has 1 saturated heterocycles. The molecule has 1 saturated carbocycles. The first-order valence-corrected chi connectivity index (χ1v) is 7.27. The number of hydrogen-bond acceptors (Lipinski definition) is 3. The molecule has 1 aliphatic carbocycles. The van der Waals surface area contributed by atoms with Crippen LogP contribution >= 0.6 is 0 Å². The first-order chi connectivity index (χ1) is 10.1. The van der Waals surface area contributed by atoms with E-state index in [2.05, 4.69) is 0 Å². The second kappa shape index (κ2) is 5.02. The van der Waals surface area contributed by atoms with Crippen molar-refractivity contribution in [2.75, 3.05) is 14.2 Å². The fraction of sp³-hybridized carbons (Fsp3) is 0.412. The maximum atomic E-state index is 12.7. The number of nitrogens with zero attached hydrogens (tertiary/aromatic N) is 1. The van der Waals surface area contributed by atoms with Gasteiger partial charge in [-0.05, 0) is 36.6 Å². The summed E-state index contributed by atoms with van der Waals surface area (Å²) in [5, 5.41) is 0. The highest BCUT2D eigenvalue weighted by atomic mass is 16.5. The number of ketones is 1. The summed E-state index contributed by atoms with van der Waals surface area (Å²) >= 11 is 0. The van der Waals surface area contributed by atoms with Gasteiger partial charge in [0.2, 0.25) is 0 Å². The molecule has 2 aliphatic rings. The van der Waals surface area contributed by atoms with Crippen LogP contribution in [-0.4, -0.2) is 36.3 Å². The number of amides is 1. The molecule has 0 N–H and O–H groups in total. The van der Waals surface area contributed by atoms with E-state index in [1.807, 2.05) is 24.3 Å². The number of ether oxygens (including phenoxy) is 1. The molecule has 2 fully saturated rings. The first kappa shape index (κ1) is 13.9. The van der Waals surface area contributed by atoms with Crippen molar-refractivity contribution < 1.29 is 14.3 Å². The van der Waals surface area contributed by atoms with Crippen molar-refractivity contribution in [2.45, 2.75) is 31.2 Å². The molecule has 4 heteroatoms. The monoisotopic (exact) mass is 285 g/mol. The summed E-state index contributed by atoms with van der Waals surface area (Å²) in [4.78, 5) is 26.8. The molecule has 110 valence electrons. The van der Waals surface area contributed by atoms with Gasteiger partial charge in [-0.15, -0.1) is 0 Å². The number of carbonyl (C=O) groups is 2. The van der Waals surface area contributed by atoms with Gasteiger partial charge in [-0.3, -0.25) is 9.59 Å². The van der Waals surface area contributed by atoms with Crippen LogP contribution in [0.15, 0.2) is 29.8 Å². The molecule has 1 heterocycles. The van der Waals surface area contributed by atoms with E-state index < -0.39 is 5.54 Å². The van der Waals surface area contributed by atoms with Crippen molar-refractivity contribution in [3.8, 4) is 5.75 Å². The van der Waals surface area contributed by atoms with Crippen LogP contribution in [-0.2, 0) is 9.59 Å². The topological polar surface area (TPSA) is 46.6 Å². The zero-order chi connectivity index (χ0) is 15.0. The van der Waals surface area contributed by atoms with E-state index in [-0.39, 0.29) is 11.7 Å². The van der Waals surface area contributed by atoms with Crippen LogP contribution in [0.25, 0.3) is 6.08 Å². The lowest BCUT2D eigenvalue weighted by atomic mass is 9.91. The maximum Gasteiger partial charge on any atom is 0.258 e. The van der Waals surface area contributed by atoms with E-state index in [1.54, 1.807) is 25.1 Å². The Morgan fingerprint density at radius 1 is 1.14 bits per heavy atom. The number of Topliss-reactive ketones (excluding diaryl/α,β-unsaturated/α-hetero) is 1. The van der Waals surface area contributed by atoms with E-state index >= 15 is 0 Å². The Morgan fingerprint density at radius 3 is 2.33 bits per heavy atom. The molecule has 0 unspecified atom stereocenters. The second-order valence-electron chi connectivity index (χ2n) is 5.76. The molecular weight excluding hydrogens is 266 g/mol. The molecule has 1 amide bonds. The fourth-order valence-corrected chi connectivity index (χ4v) is 3.39. The molecule has 0 atom stereocenters. The SMILES string of the molecule is COc1ccc(/C=C2/C(=O)N(C)C3(CCCC3)C2=O)cc1. The summed E-state index contributed by atoms with van der Waals surface area (Å²) < 4.78 is 5.11. The Morgan fingerprint density at radius 2 is 1.76 bits per heavy atom. The number of likely N-dealkylation sites (tertiary alicyclic amines) is 1. The molecule has 0 aromatic heterocycles. The minimum atomic E-state index is -0.574. The van der Waals surface area contributed by atoms with Gasteiger partial charge in [0.15, 0.2) is 5.78 Å². The molecule has 4 nitrogen and oxygen atoms in total. The van der Waals surface area contributed by atoms with Crippen LogP contribution in [0.1, 0.15) is 31.2 Å². The van der Waals surface area contributed by atoms with E-state index in [9.17, 15) is 9.59 Å². The van der Waals surface area contributed by atoms with Crippen LogP contribution in [0.2, 0.25) is 0 Å². The summed E-state index contributed by atoms with van der Waals surface area (Å²) in [6.45, 7) is 0. The standard InChI is InChI=1S/C17H19NO3/c1-18-16(20)14(15(19)17(18)9-3-4-10-17)11-12-5-7-13(21-2)8-6-12/h5-8,11H,3-4,9-10H2,1-2H3/b14-11+. The van der Waals surface area contributed by atoms with Crippen LogP contribution in [0, 0.1) is 0 Å². The Labute approximate surface area is 124 Å². The zero-order valence-electron chi connectivity index (χ0n) is 12.4. The highest BCUT2D eigenvalue weighted by molar-refractivity contribution is 6.30. The summed E-state index contributed by atoms with van der Waals surface area (Å²) in [7, 11) is 3.36. The van der Waals surface area contributed by atoms with Crippen molar-refractivity contribution >= 4 is 17.8 Å². The highest BCUT2D eigenvalue weighted by Gasteiger charge is 2.54.